The molecule has 0 aromatic rings. The van der Waals surface area contributed by atoms with Gasteiger partial charge in [0.2, 0.25) is 0 Å². The quantitative estimate of drug-likeness (QED) is 0.604. The van der Waals surface area contributed by atoms with Crippen LogP contribution in [0.3, 0.4) is 0 Å². The summed E-state index contributed by atoms with van der Waals surface area (Å²) in [7, 11) is 0. The van der Waals surface area contributed by atoms with E-state index < -0.39 is 0 Å². The van der Waals surface area contributed by atoms with E-state index in [0.29, 0.717) is 12.5 Å². The van der Waals surface area contributed by atoms with Crippen LogP contribution < -0.4 is 5.73 Å². The Bertz CT molecular complexity index is 163. The number of hydrogen-bond donors (Lipinski definition) is 1. The van der Waals surface area contributed by atoms with Crippen molar-refractivity contribution in [2.45, 2.75) is 20.3 Å². The summed E-state index contributed by atoms with van der Waals surface area (Å²) in [5, 5.41) is 7.93. The average molecular weight is 139 g/mol. The predicted molar refractivity (Wildman–Crippen MR) is 43.4 cm³/mol. The van der Waals surface area contributed by atoms with Crippen LogP contribution in [0.4, 0.5) is 0 Å². The maximum absolute atomic E-state index is 5.42. The van der Waals surface area contributed by atoms with E-state index in [4.69, 9.17) is 5.73 Å². The summed E-state index contributed by atoms with van der Waals surface area (Å²) in [5.41, 5.74) is 7.62. The summed E-state index contributed by atoms with van der Waals surface area (Å²) in [6, 6.07) is 0. The lowest BCUT2D eigenvalue weighted by atomic mass is 9.97. The molecule has 0 unspecified atom stereocenters. The zero-order chi connectivity index (χ0) is 7.56. The van der Waals surface area contributed by atoms with Crippen molar-refractivity contribution in [3.8, 4) is 0 Å². The molecule has 0 fully saturated rings. The van der Waals surface area contributed by atoms with E-state index in [1.54, 1.807) is 0 Å². The Labute approximate surface area is 61.0 Å². The molecule has 56 valence electrons. The first kappa shape index (κ1) is 7.41. The van der Waals surface area contributed by atoms with Crippen LogP contribution in [0, 0.1) is 5.92 Å². The standard InChI is InChI=1S/C7H13N3/c1-5-7(3-4-8)6(2)10-9-5/h7H,3-4,8H2,1-2H3. The van der Waals surface area contributed by atoms with Crippen molar-refractivity contribution in [1.82, 2.24) is 0 Å². The van der Waals surface area contributed by atoms with Crippen LogP contribution in [0.5, 0.6) is 0 Å². The first-order valence-corrected chi connectivity index (χ1v) is 3.54. The summed E-state index contributed by atoms with van der Waals surface area (Å²) >= 11 is 0. The highest BCUT2D eigenvalue weighted by atomic mass is 15.2. The summed E-state index contributed by atoms with van der Waals surface area (Å²) in [6.07, 6.45) is 0.977. The van der Waals surface area contributed by atoms with E-state index in [2.05, 4.69) is 10.2 Å². The van der Waals surface area contributed by atoms with Crippen LogP contribution in [-0.4, -0.2) is 18.0 Å². The van der Waals surface area contributed by atoms with E-state index in [1.165, 1.54) is 0 Å². The number of nitrogens with two attached hydrogens (primary N) is 1. The Kier molecular flexibility index (Phi) is 2.17. The normalized spacial score (nSPS) is 19.1. The van der Waals surface area contributed by atoms with Crippen LogP contribution in [0.2, 0.25) is 0 Å². The SMILES string of the molecule is CC1=NN=C(C)C1CCN. The van der Waals surface area contributed by atoms with Crippen molar-refractivity contribution < 1.29 is 0 Å². The summed E-state index contributed by atoms with van der Waals surface area (Å²) in [4.78, 5) is 0. The molecule has 10 heavy (non-hydrogen) atoms. The third-order valence-electron chi connectivity index (χ3n) is 1.83. The molecule has 0 aromatic carbocycles. The van der Waals surface area contributed by atoms with Gasteiger partial charge in [0.15, 0.2) is 0 Å². The zero-order valence-corrected chi connectivity index (χ0v) is 6.46. The van der Waals surface area contributed by atoms with Crippen LogP contribution in [-0.2, 0) is 0 Å². The van der Waals surface area contributed by atoms with E-state index in [1.807, 2.05) is 13.8 Å². The van der Waals surface area contributed by atoms with E-state index >= 15 is 0 Å². The average Bonchev–Trinajstić information content (AvgIpc) is 2.20. The lowest BCUT2D eigenvalue weighted by molar-refractivity contribution is 0.788. The Balaban J connectivity index is 2.57. The van der Waals surface area contributed by atoms with Crippen LogP contribution in [0.15, 0.2) is 10.2 Å². The van der Waals surface area contributed by atoms with Crippen LogP contribution >= 0.6 is 0 Å². The van der Waals surface area contributed by atoms with Gasteiger partial charge < -0.3 is 5.73 Å². The van der Waals surface area contributed by atoms with Crippen molar-refractivity contribution in [3.05, 3.63) is 0 Å². The van der Waals surface area contributed by atoms with Gasteiger partial charge in [0.05, 0.1) is 0 Å². The van der Waals surface area contributed by atoms with Gasteiger partial charge in [-0.2, -0.15) is 10.2 Å². The zero-order valence-electron chi connectivity index (χ0n) is 6.46. The second kappa shape index (κ2) is 2.92. The molecule has 0 aliphatic carbocycles. The first-order chi connectivity index (χ1) is 4.75. The molecule has 0 amide bonds. The number of nitrogens with zero attached hydrogens (tertiary/aromatic N) is 2. The highest BCUT2D eigenvalue weighted by molar-refractivity contribution is 6.08. The van der Waals surface area contributed by atoms with Gasteiger partial charge in [0, 0.05) is 17.3 Å². The lowest BCUT2D eigenvalue weighted by Gasteiger charge is -2.07. The van der Waals surface area contributed by atoms with Crippen molar-refractivity contribution in [3.63, 3.8) is 0 Å². The minimum Gasteiger partial charge on any atom is -0.330 e. The van der Waals surface area contributed by atoms with E-state index in [9.17, 15) is 0 Å². The molecule has 1 heterocycles. The molecule has 0 aromatic heterocycles. The molecule has 0 saturated carbocycles. The molecule has 1 aliphatic rings. The van der Waals surface area contributed by atoms with Gasteiger partial charge >= 0.3 is 0 Å². The molecule has 0 saturated heterocycles. The molecule has 0 spiro atoms. The molecule has 2 N–H and O–H groups in total. The van der Waals surface area contributed by atoms with Gasteiger partial charge in [-0.15, -0.1) is 0 Å². The fraction of sp³-hybridized carbons (Fsp3) is 0.714. The molecular formula is C7H13N3. The van der Waals surface area contributed by atoms with Gasteiger partial charge in [-0.25, -0.2) is 0 Å². The van der Waals surface area contributed by atoms with Crippen molar-refractivity contribution in [2.75, 3.05) is 6.54 Å². The van der Waals surface area contributed by atoms with Crippen molar-refractivity contribution in [1.29, 1.82) is 0 Å². The van der Waals surface area contributed by atoms with Crippen molar-refractivity contribution >= 4 is 11.4 Å². The Hall–Kier alpha value is -0.700. The highest BCUT2D eigenvalue weighted by Crippen LogP contribution is 2.13. The van der Waals surface area contributed by atoms with Gasteiger partial charge in [0.25, 0.3) is 0 Å². The summed E-state index contributed by atoms with van der Waals surface area (Å²) in [6.45, 7) is 4.71. The topological polar surface area (TPSA) is 50.7 Å². The Morgan fingerprint density at radius 3 is 2.20 bits per heavy atom. The Morgan fingerprint density at radius 1 is 1.30 bits per heavy atom. The molecule has 0 bridgehead atoms. The van der Waals surface area contributed by atoms with Gasteiger partial charge in [-0.05, 0) is 26.8 Å². The Morgan fingerprint density at radius 2 is 1.80 bits per heavy atom. The predicted octanol–water partition coefficient (Wildman–Crippen LogP) is 0.802. The third kappa shape index (κ3) is 1.24. The molecule has 3 nitrogen and oxygen atoms in total. The van der Waals surface area contributed by atoms with E-state index in [-0.39, 0.29) is 0 Å². The lowest BCUT2D eigenvalue weighted by Crippen LogP contribution is -2.19. The fourth-order valence-corrected chi connectivity index (χ4v) is 1.18. The smallest absolute Gasteiger partial charge is 0.0463 e. The second-order valence-electron chi connectivity index (χ2n) is 2.61. The molecule has 1 rings (SSSR count). The van der Waals surface area contributed by atoms with Crippen molar-refractivity contribution in [2.24, 2.45) is 21.9 Å². The molecule has 1 aliphatic heterocycles. The fourth-order valence-electron chi connectivity index (χ4n) is 1.18. The maximum atomic E-state index is 5.42. The molecule has 0 atom stereocenters. The summed E-state index contributed by atoms with van der Waals surface area (Å²) < 4.78 is 0. The van der Waals surface area contributed by atoms with Crippen LogP contribution in [0.25, 0.3) is 0 Å². The largest absolute Gasteiger partial charge is 0.330 e. The van der Waals surface area contributed by atoms with Gasteiger partial charge in [0.1, 0.15) is 0 Å². The molecule has 0 radical (unpaired) electrons. The molecular weight excluding hydrogens is 126 g/mol. The van der Waals surface area contributed by atoms with Gasteiger partial charge in [-0.1, -0.05) is 0 Å². The van der Waals surface area contributed by atoms with Crippen LogP contribution in [0.1, 0.15) is 20.3 Å². The minimum atomic E-state index is 0.421. The second-order valence-corrected chi connectivity index (χ2v) is 2.61. The van der Waals surface area contributed by atoms with E-state index in [0.717, 1.165) is 17.8 Å². The molecule has 3 heteroatoms. The number of hydrogen-bond acceptors (Lipinski definition) is 3. The highest BCUT2D eigenvalue weighted by Gasteiger charge is 2.18. The first-order valence-electron chi connectivity index (χ1n) is 3.54. The van der Waals surface area contributed by atoms with Gasteiger partial charge in [-0.3, -0.25) is 0 Å². The summed E-state index contributed by atoms with van der Waals surface area (Å²) in [5.74, 6) is 0.421. The minimum absolute atomic E-state index is 0.421. The maximum Gasteiger partial charge on any atom is 0.0463 e. The third-order valence-corrected chi connectivity index (χ3v) is 1.83. The number of rotatable bonds is 2. The monoisotopic (exact) mass is 139 g/mol.